The van der Waals surface area contributed by atoms with E-state index in [1.54, 1.807) is 19.1 Å². The van der Waals surface area contributed by atoms with Crippen molar-refractivity contribution in [2.24, 2.45) is 11.8 Å². The molecule has 2 aliphatic rings. The van der Waals surface area contributed by atoms with Crippen LogP contribution >= 0.6 is 0 Å². The van der Waals surface area contributed by atoms with Crippen molar-refractivity contribution in [3.63, 3.8) is 0 Å². The van der Waals surface area contributed by atoms with Gasteiger partial charge < -0.3 is 19.9 Å². The lowest BCUT2D eigenvalue weighted by molar-refractivity contribution is -0.151. The third-order valence-corrected chi connectivity index (χ3v) is 5.63. The predicted octanol–water partition coefficient (Wildman–Crippen LogP) is 2.96. The number of hydrogen-bond donors (Lipinski definition) is 2. The highest BCUT2D eigenvalue weighted by molar-refractivity contribution is 6.12. The van der Waals surface area contributed by atoms with E-state index in [0.717, 1.165) is 0 Å². The van der Waals surface area contributed by atoms with Crippen LogP contribution < -0.4 is 5.32 Å². The molecule has 7 nitrogen and oxygen atoms in total. The molecule has 1 aromatic rings. The zero-order valence-corrected chi connectivity index (χ0v) is 17.7. The minimum absolute atomic E-state index is 0.0775. The number of aromatic hydroxyl groups is 1. The number of carbonyl (C=O) groups excluding carboxylic acids is 3. The van der Waals surface area contributed by atoms with Crippen LogP contribution in [0.2, 0.25) is 0 Å². The molecular formula is C23H27NO6. The van der Waals surface area contributed by atoms with E-state index in [2.05, 4.69) is 5.32 Å². The Balaban J connectivity index is 2.15. The zero-order chi connectivity index (χ0) is 22.0. The van der Waals surface area contributed by atoms with Crippen LogP contribution in [-0.2, 0) is 23.9 Å². The maximum Gasteiger partial charge on any atom is 0.336 e. The van der Waals surface area contributed by atoms with Crippen molar-refractivity contribution in [1.29, 1.82) is 0 Å². The number of nitrogens with one attached hydrogen (secondary N) is 1. The Hall–Kier alpha value is -3.09. The van der Waals surface area contributed by atoms with E-state index in [1.165, 1.54) is 19.2 Å². The fourth-order valence-corrected chi connectivity index (χ4v) is 4.22. The van der Waals surface area contributed by atoms with E-state index in [-0.39, 0.29) is 24.1 Å². The molecule has 0 saturated heterocycles. The summed E-state index contributed by atoms with van der Waals surface area (Å²) in [6.45, 7) is 5.78. The Morgan fingerprint density at radius 1 is 1.23 bits per heavy atom. The van der Waals surface area contributed by atoms with Gasteiger partial charge in [0.15, 0.2) is 5.78 Å². The highest BCUT2D eigenvalue weighted by Gasteiger charge is 2.47. The minimum Gasteiger partial charge on any atom is -0.508 e. The summed E-state index contributed by atoms with van der Waals surface area (Å²) in [5.41, 5.74) is 2.69. The molecule has 3 rings (SSSR count). The molecule has 1 heterocycles. The number of phenols is 1. The zero-order valence-electron chi connectivity index (χ0n) is 17.7. The molecule has 1 aliphatic heterocycles. The van der Waals surface area contributed by atoms with Crippen LogP contribution in [0.3, 0.4) is 0 Å². The molecule has 160 valence electrons. The van der Waals surface area contributed by atoms with Crippen molar-refractivity contribution in [3.05, 3.63) is 52.4 Å². The molecular weight excluding hydrogens is 386 g/mol. The quantitative estimate of drug-likeness (QED) is 0.565. The molecule has 0 unspecified atom stereocenters. The van der Waals surface area contributed by atoms with Gasteiger partial charge in [-0.1, -0.05) is 26.0 Å². The molecule has 1 aliphatic carbocycles. The third kappa shape index (κ3) is 3.84. The number of ether oxygens (including phenoxy) is 2. The molecule has 0 spiro atoms. The van der Waals surface area contributed by atoms with E-state index in [0.29, 0.717) is 40.9 Å². The van der Waals surface area contributed by atoms with E-state index < -0.39 is 23.8 Å². The van der Waals surface area contributed by atoms with Crippen LogP contribution in [0.25, 0.3) is 0 Å². The molecule has 30 heavy (non-hydrogen) atoms. The van der Waals surface area contributed by atoms with Gasteiger partial charge in [0, 0.05) is 22.9 Å². The van der Waals surface area contributed by atoms with Gasteiger partial charge in [-0.15, -0.1) is 0 Å². The fraction of sp³-hybridized carbons (Fsp3) is 0.435. The van der Waals surface area contributed by atoms with Crippen LogP contribution in [0.1, 0.15) is 45.1 Å². The summed E-state index contributed by atoms with van der Waals surface area (Å²) >= 11 is 0. The van der Waals surface area contributed by atoms with E-state index in [9.17, 15) is 19.5 Å². The summed E-state index contributed by atoms with van der Waals surface area (Å²) < 4.78 is 10.3. The van der Waals surface area contributed by atoms with Gasteiger partial charge in [0.1, 0.15) is 11.7 Å². The number of benzene rings is 1. The summed E-state index contributed by atoms with van der Waals surface area (Å²) in [7, 11) is 1.26. The Morgan fingerprint density at radius 2 is 1.90 bits per heavy atom. The molecule has 1 aromatic carbocycles. The number of allylic oxidation sites excluding steroid dienone is 3. The maximum absolute atomic E-state index is 13.5. The SMILES string of the molecule is CCCOC(=O)C1=C(C)NC2=C(C(=O)[C@H](C(=O)OC)[C@H](C)C2)[C@@H]1c1ccc(O)cc1. The molecule has 3 atom stereocenters. The number of methoxy groups -OCH3 is 1. The lowest BCUT2D eigenvalue weighted by Crippen LogP contribution is -2.43. The van der Waals surface area contributed by atoms with E-state index in [4.69, 9.17) is 9.47 Å². The summed E-state index contributed by atoms with van der Waals surface area (Å²) in [5.74, 6) is -3.22. The average Bonchev–Trinajstić information content (AvgIpc) is 2.71. The summed E-state index contributed by atoms with van der Waals surface area (Å²) in [6.07, 6.45) is 1.15. The van der Waals surface area contributed by atoms with Gasteiger partial charge >= 0.3 is 11.9 Å². The number of rotatable bonds is 5. The second kappa shape index (κ2) is 8.73. The fourth-order valence-electron chi connectivity index (χ4n) is 4.22. The predicted molar refractivity (Wildman–Crippen MR) is 109 cm³/mol. The number of ketones is 1. The van der Waals surface area contributed by atoms with Crippen molar-refractivity contribution >= 4 is 17.7 Å². The number of carbonyl (C=O) groups is 3. The first kappa shape index (κ1) is 21.6. The van der Waals surface area contributed by atoms with Crippen molar-refractivity contribution in [1.82, 2.24) is 5.32 Å². The minimum atomic E-state index is -0.929. The Kier molecular flexibility index (Phi) is 6.29. The summed E-state index contributed by atoms with van der Waals surface area (Å²) in [4.78, 5) is 38.8. The standard InChI is InChI=1S/C23H27NO6/c1-5-10-30-23(28)18-13(3)24-16-11-12(2)17(22(27)29-4)21(26)20(16)19(18)14-6-8-15(25)9-7-14/h6-9,12,17,19,24-25H,5,10-11H2,1-4H3/t12-,17-,19-/m1/s1. The second-order valence-electron chi connectivity index (χ2n) is 7.76. The second-order valence-corrected chi connectivity index (χ2v) is 7.76. The van der Waals surface area contributed by atoms with Crippen molar-refractivity contribution < 1.29 is 29.0 Å². The number of phenolic OH excluding ortho intramolecular Hbond substituents is 1. The molecule has 0 fully saturated rings. The smallest absolute Gasteiger partial charge is 0.336 e. The first-order chi connectivity index (χ1) is 14.3. The van der Waals surface area contributed by atoms with Gasteiger partial charge in [-0.25, -0.2) is 4.79 Å². The first-order valence-corrected chi connectivity index (χ1v) is 10.1. The van der Waals surface area contributed by atoms with E-state index >= 15 is 0 Å². The summed E-state index contributed by atoms with van der Waals surface area (Å²) in [5, 5.41) is 12.9. The topological polar surface area (TPSA) is 102 Å². The van der Waals surface area contributed by atoms with Gasteiger partial charge in [0.25, 0.3) is 0 Å². The van der Waals surface area contributed by atoms with Gasteiger partial charge in [-0.3, -0.25) is 9.59 Å². The first-order valence-electron chi connectivity index (χ1n) is 10.1. The van der Waals surface area contributed by atoms with Gasteiger partial charge in [0.2, 0.25) is 0 Å². The normalized spacial score (nSPS) is 23.6. The van der Waals surface area contributed by atoms with Gasteiger partial charge in [-0.2, -0.15) is 0 Å². The number of Topliss-reactive ketones (excluding diaryl/α,β-unsaturated/α-hetero) is 1. The molecule has 0 amide bonds. The Morgan fingerprint density at radius 3 is 2.50 bits per heavy atom. The molecule has 0 bridgehead atoms. The van der Waals surface area contributed by atoms with Crippen LogP contribution in [0, 0.1) is 11.8 Å². The number of esters is 2. The molecule has 0 radical (unpaired) electrons. The van der Waals surface area contributed by atoms with Crippen molar-refractivity contribution in [2.75, 3.05) is 13.7 Å². The Labute approximate surface area is 175 Å². The van der Waals surface area contributed by atoms with Crippen molar-refractivity contribution in [3.8, 4) is 5.75 Å². The molecule has 0 saturated carbocycles. The van der Waals surface area contributed by atoms with Gasteiger partial charge in [-0.05, 0) is 43.4 Å². The Bertz CT molecular complexity index is 928. The lowest BCUT2D eigenvalue weighted by atomic mass is 9.69. The van der Waals surface area contributed by atoms with E-state index in [1.807, 2.05) is 13.8 Å². The average molecular weight is 413 g/mol. The maximum atomic E-state index is 13.5. The summed E-state index contributed by atoms with van der Waals surface area (Å²) in [6, 6.07) is 6.37. The molecule has 0 aromatic heterocycles. The number of hydrogen-bond acceptors (Lipinski definition) is 7. The lowest BCUT2D eigenvalue weighted by Gasteiger charge is -2.38. The third-order valence-electron chi connectivity index (χ3n) is 5.63. The van der Waals surface area contributed by atoms with Crippen LogP contribution in [0.5, 0.6) is 5.75 Å². The van der Waals surface area contributed by atoms with Crippen molar-refractivity contribution in [2.45, 2.75) is 39.5 Å². The monoisotopic (exact) mass is 413 g/mol. The largest absolute Gasteiger partial charge is 0.508 e. The highest BCUT2D eigenvalue weighted by Crippen LogP contribution is 2.45. The molecule has 2 N–H and O–H groups in total. The van der Waals surface area contributed by atoms with Gasteiger partial charge in [0.05, 0.1) is 19.3 Å². The highest BCUT2D eigenvalue weighted by atomic mass is 16.5. The van der Waals surface area contributed by atoms with Crippen LogP contribution in [0.4, 0.5) is 0 Å². The molecule has 7 heteroatoms. The van der Waals surface area contributed by atoms with Crippen LogP contribution in [0.15, 0.2) is 46.8 Å². The van der Waals surface area contributed by atoms with Crippen LogP contribution in [-0.4, -0.2) is 36.5 Å². The number of dihydropyridines is 1.